The quantitative estimate of drug-likeness (QED) is 0.515. The SMILES string of the molecule is O=[N+]([O-])c1cccc(Cl)c1OCC(O)CBr. The van der Waals surface area contributed by atoms with Crippen molar-refractivity contribution in [2.75, 3.05) is 11.9 Å². The number of halogens is 2. The number of hydrogen-bond acceptors (Lipinski definition) is 4. The van der Waals surface area contributed by atoms with E-state index in [1.165, 1.54) is 18.2 Å². The highest BCUT2D eigenvalue weighted by Gasteiger charge is 2.18. The molecular weight excluding hydrogens is 301 g/mol. The predicted octanol–water partition coefficient (Wildman–Crippen LogP) is 2.38. The Bertz CT molecular complexity index is 388. The van der Waals surface area contributed by atoms with Crippen molar-refractivity contribution in [2.24, 2.45) is 0 Å². The lowest BCUT2D eigenvalue weighted by Crippen LogP contribution is -2.19. The minimum atomic E-state index is -0.740. The van der Waals surface area contributed by atoms with Crippen LogP contribution in [0.1, 0.15) is 0 Å². The third kappa shape index (κ3) is 3.33. The summed E-state index contributed by atoms with van der Waals surface area (Å²) >= 11 is 8.83. The molecule has 0 heterocycles. The first-order chi connectivity index (χ1) is 7.56. The van der Waals surface area contributed by atoms with Crippen LogP contribution < -0.4 is 4.74 Å². The Morgan fingerprint density at radius 3 is 2.88 bits per heavy atom. The smallest absolute Gasteiger partial charge is 0.312 e. The summed E-state index contributed by atoms with van der Waals surface area (Å²) in [5, 5.41) is 20.4. The van der Waals surface area contributed by atoms with Gasteiger partial charge in [-0.1, -0.05) is 33.6 Å². The number of para-hydroxylation sites is 1. The molecule has 0 saturated carbocycles. The van der Waals surface area contributed by atoms with E-state index in [4.69, 9.17) is 16.3 Å². The van der Waals surface area contributed by atoms with Crippen molar-refractivity contribution in [2.45, 2.75) is 6.10 Å². The molecular formula is C9H9BrClNO4. The van der Waals surface area contributed by atoms with E-state index in [0.717, 1.165) is 0 Å². The highest BCUT2D eigenvalue weighted by atomic mass is 79.9. The van der Waals surface area contributed by atoms with Crippen LogP contribution >= 0.6 is 27.5 Å². The van der Waals surface area contributed by atoms with Gasteiger partial charge in [0.2, 0.25) is 5.75 Å². The molecule has 1 unspecified atom stereocenters. The van der Waals surface area contributed by atoms with Crippen molar-refractivity contribution in [3.63, 3.8) is 0 Å². The monoisotopic (exact) mass is 309 g/mol. The van der Waals surface area contributed by atoms with Gasteiger partial charge >= 0.3 is 5.69 Å². The maximum atomic E-state index is 10.7. The van der Waals surface area contributed by atoms with Crippen molar-refractivity contribution >= 4 is 33.2 Å². The molecule has 1 N–H and O–H groups in total. The average molecular weight is 311 g/mol. The fourth-order valence-corrected chi connectivity index (χ4v) is 1.42. The summed E-state index contributed by atoms with van der Waals surface area (Å²) < 4.78 is 5.13. The Labute approximate surface area is 105 Å². The molecule has 7 heteroatoms. The summed E-state index contributed by atoms with van der Waals surface area (Å²) in [5.74, 6) is -0.0193. The summed E-state index contributed by atoms with van der Waals surface area (Å²) in [5.41, 5.74) is -0.214. The molecule has 0 radical (unpaired) electrons. The number of aliphatic hydroxyl groups excluding tert-OH is 1. The van der Waals surface area contributed by atoms with Gasteiger partial charge in [-0.25, -0.2) is 0 Å². The summed E-state index contributed by atoms with van der Waals surface area (Å²) in [4.78, 5) is 10.1. The molecule has 0 aliphatic heterocycles. The van der Waals surface area contributed by atoms with Gasteiger partial charge in [0.1, 0.15) is 6.61 Å². The van der Waals surface area contributed by atoms with Gasteiger partial charge in [0.05, 0.1) is 16.0 Å². The van der Waals surface area contributed by atoms with Gasteiger partial charge in [-0.2, -0.15) is 0 Å². The van der Waals surface area contributed by atoms with Crippen LogP contribution in [0.4, 0.5) is 5.69 Å². The summed E-state index contributed by atoms with van der Waals surface area (Å²) in [7, 11) is 0. The molecule has 16 heavy (non-hydrogen) atoms. The van der Waals surface area contributed by atoms with Gasteiger partial charge in [0.25, 0.3) is 0 Å². The number of nitro benzene ring substituents is 1. The first-order valence-corrected chi connectivity index (χ1v) is 5.86. The van der Waals surface area contributed by atoms with Crippen LogP contribution in [0, 0.1) is 10.1 Å². The van der Waals surface area contributed by atoms with Gasteiger partial charge in [0, 0.05) is 11.4 Å². The number of hydrogen-bond donors (Lipinski definition) is 1. The fourth-order valence-electron chi connectivity index (χ4n) is 1.01. The van der Waals surface area contributed by atoms with E-state index in [2.05, 4.69) is 15.9 Å². The van der Waals surface area contributed by atoms with Crippen molar-refractivity contribution in [1.29, 1.82) is 0 Å². The predicted molar refractivity (Wildman–Crippen MR) is 63.4 cm³/mol. The van der Waals surface area contributed by atoms with Crippen LogP contribution in [0.2, 0.25) is 5.02 Å². The number of ether oxygens (including phenoxy) is 1. The first kappa shape index (κ1) is 13.2. The third-order valence-electron chi connectivity index (χ3n) is 1.74. The molecule has 5 nitrogen and oxygen atoms in total. The van der Waals surface area contributed by atoms with Gasteiger partial charge in [-0.05, 0) is 6.07 Å². The molecule has 0 amide bonds. The normalized spacial score (nSPS) is 12.2. The van der Waals surface area contributed by atoms with E-state index in [1.54, 1.807) is 0 Å². The maximum absolute atomic E-state index is 10.7. The first-order valence-electron chi connectivity index (χ1n) is 4.36. The number of rotatable bonds is 5. The summed E-state index contributed by atoms with van der Waals surface area (Å²) in [6.45, 7) is -0.0597. The van der Waals surface area contributed by atoms with E-state index in [-0.39, 0.29) is 23.1 Å². The lowest BCUT2D eigenvalue weighted by atomic mass is 10.3. The van der Waals surface area contributed by atoms with Crippen LogP contribution in [-0.2, 0) is 0 Å². The maximum Gasteiger partial charge on any atom is 0.312 e. The van der Waals surface area contributed by atoms with E-state index in [1.807, 2.05) is 0 Å². The number of nitrogens with zero attached hydrogens (tertiary/aromatic N) is 1. The Morgan fingerprint density at radius 2 is 2.31 bits per heavy atom. The minimum Gasteiger partial charge on any atom is -0.483 e. The topological polar surface area (TPSA) is 72.6 Å². The van der Waals surface area contributed by atoms with Crippen LogP contribution in [0.5, 0.6) is 5.75 Å². The Morgan fingerprint density at radius 1 is 1.62 bits per heavy atom. The van der Waals surface area contributed by atoms with Crippen LogP contribution in [0.3, 0.4) is 0 Å². The number of aliphatic hydroxyl groups is 1. The average Bonchev–Trinajstić information content (AvgIpc) is 2.26. The number of nitro groups is 1. The van der Waals surface area contributed by atoms with Crippen molar-refractivity contribution in [3.05, 3.63) is 33.3 Å². The second-order valence-electron chi connectivity index (χ2n) is 2.96. The van der Waals surface area contributed by atoms with E-state index in [0.29, 0.717) is 5.33 Å². The van der Waals surface area contributed by atoms with Gasteiger partial charge < -0.3 is 9.84 Å². The van der Waals surface area contributed by atoms with Crippen LogP contribution in [0.15, 0.2) is 18.2 Å². The lowest BCUT2D eigenvalue weighted by molar-refractivity contribution is -0.385. The Kier molecular flexibility index (Phi) is 4.98. The summed E-state index contributed by atoms with van der Waals surface area (Å²) in [6.07, 6.45) is -0.740. The Balaban J connectivity index is 2.88. The van der Waals surface area contributed by atoms with Crippen molar-refractivity contribution < 1.29 is 14.8 Å². The van der Waals surface area contributed by atoms with Gasteiger partial charge in [-0.15, -0.1) is 0 Å². The van der Waals surface area contributed by atoms with Gasteiger partial charge in [-0.3, -0.25) is 10.1 Å². The molecule has 1 aromatic rings. The van der Waals surface area contributed by atoms with E-state index < -0.39 is 11.0 Å². The minimum absolute atomic E-state index is 0.0193. The largest absolute Gasteiger partial charge is 0.483 e. The van der Waals surface area contributed by atoms with Crippen molar-refractivity contribution in [1.82, 2.24) is 0 Å². The zero-order valence-corrected chi connectivity index (χ0v) is 10.4. The molecule has 1 aromatic carbocycles. The standard InChI is InChI=1S/C9H9BrClNO4/c10-4-6(13)5-16-9-7(11)2-1-3-8(9)12(14)15/h1-3,6,13H,4-5H2. The molecule has 1 atom stereocenters. The van der Waals surface area contributed by atoms with Gasteiger partial charge in [0.15, 0.2) is 0 Å². The second kappa shape index (κ2) is 6.03. The van der Waals surface area contributed by atoms with E-state index >= 15 is 0 Å². The Hall–Kier alpha value is -0.850. The highest BCUT2D eigenvalue weighted by Crippen LogP contribution is 2.34. The number of alkyl halides is 1. The molecule has 0 aliphatic carbocycles. The summed E-state index contributed by atoms with van der Waals surface area (Å²) in [6, 6.07) is 4.25. The molecule has 0 saturated heterocycles. The zero-order valence-electron chi connectivity index (χ0n) is 8.10. The molecule has 0 aromatic heterocycles. The molecule has 1 rings (SSSR count). The van der Waals surface area contributed by atoms with E-state index in [9.17, 15) is 15.2 Å². The number of benzene rings is 1. The zero-order chi connectivity index (χ0) is 12.1. The van der Waals surface area contributed by atoms with Crippen molar-refractivity contribution in [3.8, 4) is 5.75 Å². The fraction of sp³-hybridized carbons (Fsp3) is 0.333. The van der Waals surface area contributed by atoms with Crippen LogP contribution in [0.25, 0.3) is 0 Å². The lowest BCUT2D eigenvalue weighted by Gasteiger charge is -2.10. The molecule has 0 bridgehead atoms. The third-order valence-corrected chi connectivity index (χ3v) is 2.79. The second-order valence-corrected chi connectivity index (χ2v) is 4.02. The van der Waals surface area contributed by atoms with Crippen LogP contribution in [-0.4, -0.2) is 28.1 Å². The highest BCUT2D eigenvalue weighted by molar-refractivity contribution is 9.09. The molecule has 0 aliphatic rings. The molecule has 0 fully saturated rings. The molecule has 0 spiro atoms. The molecule has 88 valence electrons.